The normalized spacial score (nSPS) is 23.8. The van der Waals surface area contributed by atoms with Crippen molar-refractivity contribution in [1.29, 1.82) is 0 Å². The lowest BCUT2D eigenvalue weighted by Crippen LogP contribution is -2.43. The van der Waals surface area contributed by atoms with Gasteiger partial charge in [-0.3, -0.25) is 4.79 Å². The summed E-state index contributed by atoms with van der Waals surface area (Å²) < 4.78 is 0. The first-order valence-electron chi connectivity index (χ1n) is 13.4. The minimum absolute atomic E-state index is 0.0672. The summed E-state index contributed by atoms with van der Waals surface area (Å²) >= 11 is 0. The molecule has 184 valence electrons. The summed E-state index contributed by atoms with van der Waals surface area (Å²) in [5.74, 6) is 1.78. The van der Waals surface area contributed by atoms with E-state index >= 15 is 0 Å². The van der Waals surface area contributed by atoms with Gasteiger partial charge in [0.15, 0.2) is 0 Å². The Labute approximate surface area is 207 Å². The van der Waals surface area contributed by atoms with Crippen LogP contribution in [0.4, 0.5) is 0 Å². The molecule has 2 aromatic rings. The van der Waals surface area contributed by atoms with E-state index in [1.54, 1.807) is 0 Å². The Kier molecular flexibility index (Phi) is 7.82. The average Bonchev–Trinajstić information content (AvgIpc) is 3.35. The number of aryl methyl sites for hydroxylation is 1. The van der Waals surface area contributed by atoms with Crippen LogP contribution < -0.4 is 5.32 Å². The molecule has 2 fully saturated rings. The average molecular weight is 461 g/mol. The maximum absolute atomic E-state index is 13.3. The Morgan fingerprint density at radius 2 is 1.71 bits per heavy atom. The van der Waals surface area contributed by atoms with E-state index in [1.807, 2.05) is 18.2 Å². The first-order chi connectivity index (χ1) is 16.2. The molecular weight excluding hydrogens is 416 g/mol. The minimum atomic E-state index is -0.0672. The molecule has 1 heterocycles. The summed E-state index contributed by atoms with van der Waals surface area (Å²) in [5, 5.41) is 3.48. The predicted molar refractivity (Wildman–Crippen MR) is 142 cm³/mol. The summed E-state index contributed by atoms with van der Waals surface area (Å²) in [6.07, 6.45) is 4.73. The first kappa shape index (κ1) is 25.0. The molecule has 1 aliphatic heterocycles. The zero-order valence-corrected chi connectivity index (χ0v) is 21.9. The highest BCUT2D eigenvalue weighted by Gasteiger charge is 2.43. The van der Waals surface area contributed by atoms with Crippen molar-refractivity contribution in [2.75, 3.05) is 19.6 Å². The molecular formula is C31H44N2O. The molecule has 4 atom stereocenters. The third-order valence-electron chi connectivity index (χ3n) is 8.13. The van der Waals surface area contributed by atoms with E-state index in [4.69, 9.17) is 0 Å². The Morgan fingerprint density at radius 3 is 2.35 bits per heavy atom. The molecule has 3 unspecified atom stereocenters. The second-order valence-corrected chi connectivity index (χ2v) is 12.1. The van der Waals surface area contributed by atoms with Crippen molar-refractivity contribution < 1.29 is 4.79 Å². The zero-order valence-electron chi connectivity index (χ0n) is 21.9. The molecule has 0 radical (unpaired) electrons. The fraction of sp³-hybridized carbons (Fsp3) is 0.581. The van der Waals surface area contributed by atoms with Crippen molar-refractivity contribution in [1.82, 2.24) is 10.2 Å². The molecule has 2 aliphatic rings. The van der Waals surface area contributed by atoms with Gasteiger partial charge in [0.25, 0.3) is 0 Å². The van der Waals surface area contributed by atoms with Gasteiger partial charge in [-0.2, -0.15) is 0 Å². The van der Waals surface area contributed by atoms with Crippen molar-refractivity contribution in [3.8, 4) is 0 Å². The Balaban J connectivity index is 1.27. The lowest BCUT2D eigenvalue weighted by atomic mass is 9.86. The van der Waals surface area contributed by atoms with Gasteiger partial charge in [-0.1, -0.05) is 89.2 Å². The Bertz CT molecular complexity index is 928. The number of nitrogens with zero attached hydrogens (tertiary/aromatic N) is 1. The van der Waals surface area contributed by atoms with E-state index in [1.165, 1.54) is 30.5 Å². The van der Waals surface area contributed by atoms with Crippen LogP contribution in [0, 0.1) is 17.8 Å². The summed E-state index contributed by atoms with van der Waals surface area (Å²) in [4.78, 5) is 15.9. The molecule has 0 aromatic heterocycles. The molecule has 3 heteroatoms. The fourth-order valence-electron chi connectivity index (χ4n) is 6.17. The zero-order chi connectivity index (χ0) is 24.3. The number of hydrogen-bond acceptors (Lipinski definition) is 2. The van der Waals surface area contributed by atoms with Gasteiger partial charge in [-0.25, -0.2) is 0 Å². The Hall–Kier alpha value is -2.13. The van der Waals surface area contributed by atoms with Crippen LogP contribution >= 0.6 is 0 Å². The standard InChI is InChI=1S/C31H44N2O/c1-22(2)29(24-11-7-6-8-12-24)30(34)32-28-18-15-25-20-33(21-27(25)28)19-9-10-23-13-16-26(17-14-23)31(3,4)5/h6-8,11-14,16-17,22,25,27-29H,9-10,15,18-21H2,1-5H3,(H,32,34)/t25-,27?,28?,29?/m1/s1. The molecule has 1 aliphatic carbocycles. The SMILES string of the molecule is CC(C)C(C(=O)NC1CC[C@@H]2CN(CCCc3ccc(C(C)(C)C)cc3)CC12)c1ccccc1. The number of carbonyl (C=O) groups excluding carboxylic acids is 1. The van der Waals surface area contributed by atoms with E-state index in [-0.39, 0.29) is 23.2 Å². The molecule has 0 spiro atoms. The topological polar surface area (TPSA) is 32.3 Å². The van der Waals surface area contributed by atoms with Gasteiger partial charge in [0, 0.05) is 19.1 Å². The monoisotopic (exact) mass is 460 g/mol. The fourth-order valence-corrected chi connectivity index (χ4v) is 6.17. The number of hydrogen-bond donors (Lipinski definition) is 1. The van der Waals surface area contributed by atoms with E-state index in [9.17, 15) is 4.79 Å². The molecule has 0 bridgehead atoms. The maximum atomic E-state index is 13.3. The summed E-state index contributed by atoms with van der Waals surface area (Å²) in [6.45, 7) is 14.6. The molecule has 1 N–H and O–H groups in total. The van der Waals surface area contributed by atoms with Crippen molar-refractivity contribution in [2.45, 2.75) is 77.7 Å². The molecule has 3 nitrogen and oxygen atoms in total. The molecule has 1 saturated heterocycles. The Morgan fingerprint density at radius 1 is 1.00 bits per heavy atom. The highest BCUT2D eigenvalue weighted by molar-refractivity contribution is 5.84. The molecule has 4 rings (SSSR count). The third-order valence-corrected chi connectivity index (χ3v) is 8.13. The lowest BCUT2D eigenvalue weighted by Gasteiger charge is -2.26. The highest BCUT2D eigenvalue weighted by atomic mass is 16.2. The maximum Gasteiger partial charge on any atom is 0.228 e. The number of carbonyl (C=O) groups is 1. The van der Waals surface area contributed by atoms with E-state index in [0.29, 0.717) is 12.0 Å². The molecule has 2 aromatic carbocycles. The van der Waals surface area contributed by atoms with Crippen molar-refractivity contribution >= 4 is 5.91 Å². The first-order valence-corrected chi connectivity index (χ1v) is 13.4. The quantitative estimate of drug-likeness (QED) is 0.510. The van der Waals surface area contributed by atoms with E-state index in [0.717, 1.165) is 37.4 Å². The third kappa shape index (κ3) is 5.92. The molecule has 1 saturated carbocycles. The van der Waals surface area contributed by atoms with Gasteiger partial charge in [0.1, 0.15) is 0 Å². The predicted octanol–water partition coefficient (Wildman–Crippen LogP) is 6.18. The van der Waals surface area contributed by atoms with Crippen LogP contribution in [0.1, 0.15) is 76.5 Å². The van der Waals surface area contributed by atoms with E-state index in [2.05, 4.69) is 81.2 Å². The van der Waals surface area contributed by atoms with Gasteiger partial charge < -0.3 is 10.2 Å². The van der Waals surface area contributed by atoms with Crippen molar-refractivity contribution in [3.05, 3.63) is 71.3 Å². The van der Waals surface area contributed by atoms with Crippen molar-refractivity contribution in [3.63, 3.8) is 0 Å². The number of nitrogens with one attached hydrogen (secondary N) is 1. The summed E-state index contributed by atoms with van der Waals surface area (Å²) in [5.41, 5.74) is 4.20. The van der Waals surface area contributed by atoms with Crippen LogP contribution in [-0.2, 0) is 16.6 Å². The van der Waals surface area contributed by atoms with Gasteiger partial charge >= 0.3 is 0 Å². The number of fused-ring (bicyclic) bond motifs is 1. The smallest absolute Gasteiger partial charge is 0.228 e. The van der Waals surface area contributed by atoms with Gasteiger partial charge in [-0.05, 0) is 72.1 Å². The largest absolute Gasteiger partial charge is 0.352 e. The van der Waals surface area contributed by atoms with Gasteiger partial charge in [0.05, 0.1) is 5.92 Å². The second kappa shape index (κ2) is 10.6. The van der Waals surface area contributed by atoms with Crippen molar-refractivity contribution in [2.24, 2.45) is 17.8 Å². The molecule has 1 amide bonds. The van der Waals surface area contributed by atoms with Crippen LogP contribution in [0.2, 0.25) is 0 Å². The number of rotatable bonds is 8. The second-order valence-electron chi connectivity index (χ2n) is 12.1. The minimum Gasteiger partial charge on any atom is -0.352 e. The number of benzene rings is 2. The van der Waals surface area contributed by atoms with Crippen LogP contribution in [0.25, 0.3) is 0 Å². The van der Waals surface area contributed by atoms with Crippen LogP contribution in [0.3, 0.4) is 0 Å². The summed E-state index contributed by atoms with van der Waals surface area (Å²) in [6, 6.07) is 19.8. The number of likely N-dealkylation sites (tertiary alicyclic amines) is 1. The van der Waals surface area contributed by atoms with Gasteiger partial charge in [0.2, 0.25) is 5.91 Å². The number of amides is 1. The van der Waals surface area contributed by atoms with Crippen LogP contribution in [0.15, 0.2) is 54.6 Å². The van der Waals surface area contributed by atoms with Crippen LogP contribution in [-0.4, -0.2) is 36.5 Å². The molecule has 34 heavy (non-hydrogen) atoms. The lowest BCUT2D eigenvalue weighted by molar-refractivity contribution is -0.124. The van der Waals surface area contributed by atoms with Gasteiger partial charge in [-0.15, -0.1) is 0 Å². The van der Waals surface area contributed by atoms with Crippen LogP contribution in [0.5, 0.6) is 0 Å². The highest BCUT2D eigenvalue weighted by Crippen LogP contribution is 2.39. The summed E-state index contributed by atoms with van der Waals surface area (Å²) in [7, 11) is 0. The van der Waals surface area contributed by atoms with E-state index < -0.39 is 0 Å².